The highest BCUT2D eigenvalue weighted by Gasteiger charge is 2.26. The van der Waals surface area contributed by atoms with Gasteiger partial charge >= 0.3 is 0 Å². The number of hydrogen-bond donors (Lipinski definition) is 0. The summed E-state index contributed by atoms with van der Waals surface area (Å²) in [5.74, 6) is 1.51. The monoisotopic (exact) mass is 275 g/mol. The van der Waals surface area contributed by atoms with Crippen molar-refractivity contribution in [1.82, 2.24) is 4.90 Å². The smallest absolute Gasteiger partial charge is 0.254 e. The first-order valence-electron chi connectivity index (χ1n) is 7.50. The Morgan fingerprint density at radius 2 is 1.95 bits per heavy atom. The SMILES string of the molecule is CCN(C(=O)c1ccc2c(c1)OCO2)C1CCCCC1. The van der Waals surface area contributed by atoms with Gasteiger partial charge in [-0.25, -0.2) is 0 Å². The Balaban J connectivity index is 1.79. The van der Waals surface area contributed by atoms with Crippen LogP contribution in [0.15, 0.2) is 18.2 Å². The molecule has 0 radical (unpaired) electrons. The van der Waals surface area contributed by atoms with E-state index >= 15 is 0 Å². The molecule has 0 unspecified atom stereocenters. The van der Waals surface area contributed by atoms with E-state index in [2.05, 4.69) is 6.92 Å². The van der Waals surface area contributed by atoms with Gasteiger partial charge in [-0.2, -0.15) is 0 Å². The van der Waals surface area contributed by atoms with Crippen LogP contribution in [0.5, 0.6) is 11.5 Å². The van der Waals surface area contributed by atoms with Crippen LogP contribution < -0.4 is 9.47 Å². The minimum atomic E-state index is 0.109. The minimum Gasteiger partial charge on any atom is -0.454 e. The number of rotatable bonds is 3. The van der Waals surface area contributed by atoms with Gasteiger partial charge in [-0.1, -0.05) is 19.3 Å². The van der Waals surface area contributed by atoms with Crippen LogP contribution >= 0.6 is 0 Å². The molecular formula is C16H21NO3. The summed E-state index contributed by atoms with van der Waals surface area (Å²) in [5, 5.41) is 0. The second-order valence-electron chi connectivity index (χ2n) is 5.45. The summed E-state index contributed by atoms with van der Waals surface area (Å²) in [7, 11) is 0. The van der Waals surface area contributed by atoms with Gasteiger partial charge in [0, 0.05) is 18.2 Å². The zero-order valence-electron chi connectivity index (χ0n) is 11.9. The molecule has 1 amide bonds. The highest BCUT2D eigenvalue weighted by Crippen LogP contribution is 2.33. The predicted octanol–water partition coefficient (Wildman–Crippen LogP) is 3.21. The number of benzene rings is 1. The maximum Gasteiger partial charge on any atom is 0.254 e. The molecule has 4 heteroatoms. The number of carbonyl (C=O) groups excluding carboxylic acids is 1. The molecule has 1 fully saturated rings. The van der Waals surface area contributed by atoms with Crippen LogP contribution in [0.1, 0.15) is 49.4 Å². The van der Waals surface area contributed by atoms with Crippen LogP contribution in [0.2, 0.25) is 0 Å². The molecule has 0 N–H and O–H groups in total. The second-order valence-corrected chi connectivity index (χ2v) is 5.45. The molecule has 20 heavy (non-hydrogen) atoms. The van der Waals surface area contributed by atoms with Crippen molar-refractivity contribution < 1.29 is 14.3 Å². The van der Waals surface area contributed by atoms with E-state index in [4.69, 9.17) is 9.47 Å². The second kappa shape index (κ2) is 5.73. The maximum atomic E-state index is 12.7. The van der Waals surface area contributed by atoms with Crippen LogP contribution in [-0.2, 0) is 0 Å². The zero-order chi connectivity index (χ0) is 13.9. The van der Waals surface area contributed by atoms with Gasteiger partial charge in [-0.05, 0) is 38.0 Å². The third-order valence-electron chi connectivity index (χ3n) is 4.24. The molecule has 0 bridgehead atoms. The normalized spacial score (nSPS) is 18.1. The summed E-state index contributed by atoms with van der Waals surface area (Å²) in [6.45, 7) is 3.06. The Bertz CT molecular complexity index is 494. The van der Waals surface area contributed by atoms with Crippen molar-refractivity contribution in [3.63, 3.8) is 0 Å². The molecule has 0 saturated heterocycles. The van der Waals surface area contributed by atoms with E-state index in [0.29, 0.717) is 17.4 Å². The van der Waals surface area contributed by atoms with Crippen LogP contribution in [0.4, 0.5) is 0 Å². The van der Waals surface area contributed by atoms with Crippen LogP contribution in [0.3, 0.4) is 0 Å². The van der Waals surface area contributed by atoms with E-state index in [0.717, 1.165) is 25.1 Å². The molecule has 1 aliphatic heterocycles. The molecular weight excluding hydrogens is 254 g/mol. The number of fused-ring (bicyclic) bond motifs is 1. The lowest BCUT2D eigenvalue weighted by Crippen LogP contribution is -2.41. The Hall–Kier alpha value is -1.71. The fourth-order valence-electron chi connectivity index (χ4n) is 3.16. The summed E-state index contributed by atoms with van der Waals surface area (Å²) in [5.41, 5.74) is 0.696. The molecule has 1 aromatic rings. The quantitative estimate of drug-likeness (QED) is 0.850. The first kappa shape index (κ1) is 13.3. The number of nitrogens with zero attached hydrogens (tertiary/aromatic N) is 1. The highest BCUT2D eigenvalue weighted by molar-refractivity contribution is 5.95. The van der Waals surface area contributed by atoms with Gasteiger partial charge in [0.25, 0.3) is 5.91 Å². The molecule has 1 saturated carbocycles. The molecule has 2 aliphatic rings. The number of amides is 1. The van der Waals surface area contributed by atoms with Gasteiger partial charge in [0.2, 0.25) is 6.79 Å². The average Bonchev–Trinajstić information content (AvgIpc) is 2.96. The first-order valence-corrected chi connectivity index (χ1v) is 7.50. The summed E-state index contributed by atoms with van der Waals surface area (Å²) in [6, 6.07) is 5.86. The van der Waals surface area contributed by atoms with Crippen molar-refractivity contribution >= 4 is 5.91 Å². The molecule has 0 atom stereocenters. The van der Waals surface area contributed by atoms with Crippen molar-refractivity contribution in [3.05, 3.63) is 23.8 Å². The number of carbonyl (C=O) groups is 1. The lowest BCUT2D eigenvalue weighted by Gasteiger charge is -2.33. The van der Waals surface area contributed by atoms with Crippen molar-refractivity contribution in [2.75, 3.05) is 13.3 Å². The van der Waals surface area contributed by atoms with E-state index in [1.165, 1.54) is 19.3 Å². The maximum absolute atomic E-state index is 12.7. The van der Waals surface area contributed by atoms with Crippen LogP contribution in [-0.4, -0.2) is 30.2 Å². The molecule has 4 nitrogen and oxygen atoms in total. The van der Waals surface area contributed by atoms with Gasteiger partial charge in [0.1, 0.15) is 0 Å². The summed E-state index contributed by atoms with van der Waals surface area (Å²) >= 11 is 0. The lowest BCUT2D eigenvalue weighted by atomic mass is 9.93. The van der Waals surface area contributed by atoms with E-state index < -0.39 is 0 Å². The van der Waals surface area contributed by atoms with E-state index in [9.17, 15) is 4.79 Å². The highest BCUT2D eigenvalue weighted by atomic mass is 16.7. The van der Waals surface area contributed by atoms with Gasteiger partial charge in [0.05, 0.1) is 0 Å². The predicted molar refractivity (Wildman–Crippen MR) is 76.1 cm³/mol. The Labute approximate surface area is 119 Å². The molecule has 1 aliphatic carbocycles. The third-order valence-corrected chi connectivity index (χ3v) is 4.24. The fraction of sp³-hybridized carbons (Fsp3) is 0.562. The molecule has 0 spiro atoms. The summed E-state index contributed by atoms with van der Waals surface area (Å²) in [4.78, 5) is 14.7. The number of hydrogen-bond acceptors (Lipinski definition) is 3. The lowest BCUT2D eigenvalue weighted by molar-refractivity contribution is 0.0647. The van der Waals surface area contributed by atoms with Crippen LogP contribution in [0, 0.1) is 0 Å². The molecule has 108 valence electrons. The van der Waals surface area contributed by atoms with Crippen molar-refractivity contribution in [2.45, 2.75) is 45.1 Å². The third kappa shape index (κ3) is 2.47. The van der Waals surface area contributed by atoms with E-state index in [1.54, 1.807) is 6.07 Å². The average molecular weight is 275 g/mol. The van der Waals surface area contributed by atoms with Gasteiger partial charge in [-0.3, -0.25) is 4.79 Å². The molecule has 1 aromatic carbocycles. The zero-order valence-corrected chi connectivity index (χ0v) is 11.9. The van der Waals surface area contributed by atoms with Crippen molar-refractivity contribution in [2.24, 2.45) is 0 Å². The fourth-order valence-corrected chi connectivity index (χ4v) is 3.16. The Kier molecular flexibility index (Phi) is 3.81. The Morgan fingerprint density at radius 1 is 1.20 bits per heavy atom. The van der Waals surface area contributed by atoms with Crippen molar-refractivity contribution in [1.29, 1.82) is 0 Å². The first-order chi connectivity index (χ1) is 9.79. The number of ether oxygens (including phenoxy) is 2. The van der Waals surface area contributed by atoms with Gasteiger partial charge < -0.3 is 14.4 Å². The van der Waals surface area contributed by atoms with Crippen molar-refractivity contribution in [3.8, 4) is 11.5 Å². The van der Waals surface area contributed by atoms with Crippen LogP contribution in [0.25, 0.3) is 0 Å². The summed E-state index contributed by atoms with van der Waals surface area (Å²) in [6.07, 6.45) is 6.02. The standard InChI is InChI=1S/C16H21NO3/c1-2-17(13-6-4-3-5-7-13)16(18)12-8-9-14-15(10-12)20-11-19-14/h8-10,13H,2-7,11H2,1H3. The molecule has 1 heterocycles. The molecule has 0 aromatic heterocycles. The summed E-state index contributed by atoms with van der Waals surface area (Å²) < 4.78 is 10.6. The minimum absolute atomic E-state index is 0.109. The molecule has 3 rings (SSSR count). The van der Waals surface area contributed by atoms with Gasteiger partial charge in [-0.15, -0.1) is 0 Å². The largest absolute Gasteiger partial charge is 0.454 e. The Morgan fingerprint density at radius 3 is 2.70 bits per heavy atom. The van der Waals surface area contributed by atoms with E-state index in [-0.39, 0.29) is 12.7 Å². The topological polar surface area (TPSA) is 38.8 Å². The van der Waals surface area contributed by atoms with E-state index in [1.807, 2.05) is 17.0 Å². The van der Waals surface area contributed by atoms with Gasteiger partial charge in [0.15, 0.2) is 11.5 Å².